The SMILES string of the molecule is CCNC(=O)CN(C)C(C)C(=O)Nc1ccc(N)cc1. The first-order chi connectivity index (χ1) is 9.43. The smallest absolute Gasteiger partial charge is 0.241 e. The summed E-state index contributed by atoms with van der Waals surface area (Å²) in [7, 11) is 1.74. The average Bonchev–Trinajstić information content (AvgIpc) is 2.40. The monoisotopic (exact) mass is 278 g/mol. The van der Waals surface area contributed by atoms with Crippen molar-refractivity contribution in [3.8, 4) is 0 Å². The van der Waals surface area contributed by atoms with Gasteiger partial charge >= 0.3 is 0 Å². The predicted octanol–water partition coefficient (Wildman–Crippen LogP) is 0.664. The van der Waals surface area contributed by atoms with E-state index in [1.165, 1.54) is 0 Å². The Morgan fingerprint density at radius 1 is 1.30 bits per heavy atom. The molecule has 2 amide bonds. The first-order valence-electron chi connectivity index (χ1n) is 6.57. The molecule has 0 heterocycles. The lowest BCUT2D eigenvalue weighted by Gasteiger charge is -2.23. The second-order valence-corrected chi connectivity index (χ2v) is 4.66. The summed E-state index contributed by atoms with van der Waals surface area (Å²) in [4.78, 5) is 25.2. The van der Waals surface area contributed by atoms with Crippen molar-refractivity contribution in [3.05, 3.63) is 24.3 Å². The van der Waals surface area contributed by atoms with Crippen LogP contribution in [0, 0.1) is 0 Å². The van der Waals surface area contributed by atoms with Gasteiger partial charge in [-0.1, -0.05) is 0 Å². The van der Waals surface area contributed by atoms with Crippen molar-refractivity contribution in [1.29, 1.82) is 0 Å². The summed E-state index contributed by atoms with van der Waals surface area (Å²) in [6.07, 6.45) is 0. The highest BCUT2D eigenvalue weighted by Crippen LogP contribution is 2.11. The van der Waals surface area contributed by atoms with Crippen molar-refractivity contribution in [2.45, 2.75) is 19.9 Å². The van der Waals surface area contributed by atoms with Crippen molar-refractivity contribution < 1.29 is 9.59 Å². The van der Waals surface area contributed by atoms with Gasteiger partial charge in [-0.25, -0.2) is 0 Å². The number of likely N-dealkylation sites (N-methyl/N-ethyl adjacent to an activating group) is 2. The lowest BCUT2D eigenvalue weighted by Crippen LogP contribution is -2.44. The van der Waals surface area contributed by atoms with E-state index in [9.17, 15) is 9.59 Å². The van der Waals surface area contributed by atoms with E-state index in [2.05, 4.69) is 10.6 Å². The highest BCUT2D eigenvalue weighted by atomic mass is 16.2. The van der Waals surface area contributed by atoms with Gasteiger partial charge in [0.05, 0.1) is 12.6 Å². The van der Waals surface area contributed by atoms with E-state index >= 15 is 0 Å². The van der Waals surface area contributed by atoms with Gasteiger partial charge in [0.25, 0.3) is 0 Å². The standard InChI is InChI=1S/C14H22N4O2/c1-4-16-13(19)9-18(3)10(2)14(20)17-12-7-5-11(15)6-8-12/h5-8,10H,4,9,15H2,1-3H3,(H,16,19)(H,17,20). The third kappa shape index (κ3) is 4.89. The van der Waals surface area contributed by atoms with Crippen molar-refractivity contribution in [3.63, 3.8) is 0 Å². The van der Waals surface area contributed by atoms with E-state index in [-0.39, 0.29) is 18.4 Å². The van der Waals surface area contributed by atoms with Gasteiger partial charge in [-0.15, -0.1) is 0 Å². The Labute approximate surface area is 119 Å². The van der Waals surface area contributed by atoms with Gasteiger partial charge in [0.15, 0.2) is 0 Å². The number of nitrogens with zero attached hydrogens (tertiary/aromatic N) is 1. The minimum absolute atomic E-state index is 0.0952. The van der Waals surface area contributed by atoms with Crippen LogP contribution in [0.2, 0.25) is 0 Å². The number of carbonyl (C=O) groups is 2. The molecule has 0 saturated carbocycles. The maximum Gasteiger partial charge on any atom is 0.241 e. The Hall–Kier alpha value is -2.08. The van der Waals surface area contributed by atoms with Crippen LogP contribution in [0.3, 0.4) is 0 Å². The number of hydrogen-bond acceptors (Lipinski definition) is 4. The van der Waals surface area contributed by atoms with Crippen molar-refractivity contribution in [2.75, 3.05) is 31.2 Å². The van der Waals surface area contributed by atoms with Crippen LogP contribution in [-0.2, 0) is 9.59 Å². The molecule has 0 aliphatic heterocycles. The maximum absolute atomic E-state index is 12.1. The van der Waals surface area contributed by atoms with E-state index in [0.29, 0.717) is 17.9 Å². The molecule has 1 rings (SSSR count). The van der Waals surface area contributed by atoms with Gasteiger partial charge < -0.3 is 16.4 Å². The summed E-state index contributed by atoms with van der Waals surface area (Å²) in [5.74, 6) is -0.260. The summed E-state index contributed by atoms with van der Waals surface area (Å²) >= 11 is 0. The minimum atomic E-state index is -0.407. The number of carbonyl (C=O) groups excluding carboxylic acids is 2. The van der Waals surface area contributed by atoms with E-state index in [4.69, 9.17) is 5.73 Å². The fraction of sp³-hybridized carbons (Fsp3) is 0.429. The van der Waals surface area contributed by atoms with Crippen LogP contribution in [0.25, 0.3) is 0 Å². The number of rotatable bonds is 6. The number of benzene rings is 1. The summed E-state index contributed by atoms with van der Waals surface area (Å²) in [6, 6.07) is 6.51. The van der Waals surface area contributed by atoms with Gasteiger partial charge in [0.1, 0.15) is 0 Å². The van der Waals surface area contributed by atoms with Gasteiger partial charge in [0, 0.05) is 17.9 Å². The molecule has 0 aromatic heterocycles. The zero-order valence-corrected chi connectivity index (χ0v) is 12.1. The molecule has 1 aromatic rings. The second-order valence-electron chi connectivity index (χ2n) is 4.66. The van der Waals surface area contributed by atoms with Crippen LogP contribution in [0.15, 0.2) is 24.3 Å². The van der Waals surface area contributed by atoms with Crippen molar-refractivity contribution in [1.82, 2.24) is 10.2 Å². The van der Waals surface area contributed by atoms with Gasteiger partial charge in [0.2, 0.25) is 11.8 Å². The number of nitrogens with one attached hydrogen (secondary N) is 2. The molecule has 0 radical (unpaired) electrons. The molecule has 0 saturated heterocycles. The van der Waals surface area contributed by atoms with Crippen LogP contribution >= 0.6 is 0 Å². The fourth-order valence-electron chi connectivity index (χ4n) is 1.63. The van der Waals surface area contributed by atoms with Crippen molar-refractivity contribution >= 4 is 23.2 Å². The number of anilines is 2. The first-order valence-corrected chi connectivity index (χ1v) is 6.57. The van der Waals surface area contributed by atoms with E-state index in [1.54, 1.807) is 43.1 Å². The Balaban J connectivity index is 2.53. The zero-order valence-electron chi connectivity index (χ0n) is 12.1. The summed E-state index contributed by atoms with van der Waals surface area (Å²) < 4.78 is 0. The van der Waals surface area contributed by atoms with Gasteiger partial charge in [-0.2, -0.15) is 0 Å². The number of nitrogens with two attached hydrogens (primary N) is 1. The van der Waals surface area contributed by atoms with Crippen LogP contribution in [0.1, 0.15) is 13.8 Å². The van der Waals surface area contributed by atoms with E-state index in [1.807, 2.05) is 6.92 Å². The molecule has 0 aliphatic carbocycles. The molecule has 0 aliphatic rings. The van der Waals surface area contributed by atoms with E-state index in [0.717, 1.165) is 0 Å². The van der Waals surface area contributed by atoms with Crippen LogP contribution in [0.4, 0.5) is 11.4 Å². The van der Waals surface area contributed by atoms with Crippen LogP contribution < -0.4 is 16.4 Å². The van der Waals surface area contributed by atoms with Crippen LogP contribution in [-0.4, -0.2) is 42.9 Å². The number of amides is 2. The minimum Gasteiger partial charge on any atom is -0.399 e. The highest BCUT2D eigenvalue weighted by Gasteiger charge is 2.19. The third-order valence-corrected chi connectivity index (χ3v) is 2.99. The molecule has 0 bridgehead atoms. The molecule has 0 fully saturated rings. The van der Waals surface area contributed by atoms with Crippen molar-refractivity contribution in [2.24, 2.45) is 0 Å². The molecule has 110 valence electrons. The molecule has 20 heavy (non-hydrogen) atoms. The maximum atomic E-state index is 12.1. The summed E-state index contributed by atoms with van der Waals surface area (Å²) in [5.41, 5.74) is 6.91. The zero-order chi connectivity index (χ0) is 15.1. The van der Waals surface area contributed by atoms with E-state index < -0.39 is 6.04 Å². The topological polar surface area (TPSA) is 87.5 Å². The lowest BCUT2D eigenvalue weighted by molar-refractivity contribution is -0.124. The Kier molecular flexibility index (Phi) is 5.99. The molecule has 1 atom stereocenters. The normalized spacial score (nSPS) is 12.0. The van der Waals surface area contributed by atoms with Gasteiger partial charge in [-0.05, 0) is 45.2 Å². The molecule has 1 aromatic carbocycles. The molecule has 0 spiro atoms. The van der Waals surface area contributed by atoms with Crippen LogP contribution in [0.5, 0.6) is 0 Å². The Bertz CT molecular complexity index is 459. The number of hydrogen-bond donors (Lipinski definition) is 3. The molecule has 6 heteroatoms. The quantitative estimate of drug-likeness (QED) is 0.667. The average molecular weight is 278 g/mol. The summed E-state index contributed by atoms with van der Waals surface area (Å²) in [5, 5.41) is 5.49. The largest absolute Gasteiger partial charge is 0.399 e. The molecule has 6 nitrogen and oxygen atoms in total. The molecule has 1 unspecified atom stereocenters. The van der Waals surface area contributed by atoms with Gasteiger partial charge in [-0.3, -0.25) is 14.5 Å². The third-order valence-electron chi connectivity index (χ3n) is 2.99. The predicted molar refractivity (Wildman–Crippen MR) is 80.3 cm³/mol. The number of nitrogen functional groups attached to an aromatic ring is 1. The highest BCUT2D eigenvalue weighted by molar-refractivity contribution is 5.95. The molecule has 4 N–H and O–H groups in total. The Morgan fingerprint density at radius 2 is 1.90 bits per heavy atom. The first kappa shape index (κ1) is 16.0. The lowest BCUT2D eigenvalue weighted by atomic mass is 10.2. The molecular weight excluding hydrogens is 256 g/mol. The Morgan fingerprint density at radius 3 is 2.45 bits per heavy atom. The fourth-order valence-corrected chi connectivity index (χ4v) is 1.63. The second kappa shape index (κ2) is 7.49. The summed E-state index contributed by atoms with van der Waals surface area (Å²) in [6.45, 7) is 4.38. The molecular formula is C14H22N4O2.